The highest BCUT2D eigenvalue weighted by atomic mass is 15.0. The molecule has 0 aliphatic heterocycles. The van der Waals surface area contributed by atoms with Crippen molar-refractivity contribution in [1.82, 2.24) is 24.9 Å². The van der Waals surface area contributed by atoms with Crippen LogP contribution in [0.2, 0.25) is 0 Å². The Bertz CT molecular complexity index is 2390. The van der Waals surface area contributed by atoms with Gasteiger partial charge in [-0.1, -0.05) is 121 Å². The second kappa shape index (κ2) is 12.5. The summed E-state index contributed by atoms with van der Waals surface area (Å²) in [4.78, 5) is 25.0. The predicted molar refractivity (Wildman–Crippen MR) is 190 cm³/mol. The zero-order chi connectivity index (χ0) is 32.3. The molecule has 0 fully saturated rings. The van der Waals surface area contributed by atoms with Gasteiger partial charge in [0.25, 0.3) is 0 Å². The number of para-hydroxylation sites is 2. The molecule has 0 spiro atoms. The molecule has 2 aromatic heterocycles. The lowest BCUT2D eigenvalue weighted by atomic mass is 9.97. The molecule has 2 heterocycles. The summed E-state index contributed by atoms with van der Waals surface area (Å²) >= 11 is 0. The highest BCUT2D eigenvalue weighted by Crippen LogP contribution is 2.35. The number of rotatable bonds is 6. The van der Waals surface area contributed by atoms with Crippen LogP contribution < -0.4 is 0 Å². The van der Waals surface area contributed by atoms with Crippen LogP contribution in [-0.2, 0) is 0 Å². The van der Waals surface area contributed by atoms with Crippen LogP contribution in [-0.4, -0.2) is 24.9 Å². The molecule has 0 aliphatic rings. The first-order valence-corrected chi connectivity index (χ1v) is 15.6. The minimum absolute atomic E-state index is 0.572. The Kier molecular flexibility index (Phi) is 7.46. The summed E-state index contributed by atoms with van der Waals surface area (Å²) in [6.45, 7) is 0. The van der Waals surface area contributed by atoms with E-state index in [9.17, 15) is 5.26 Å². The standard InChI is InChI=1S/C42H26N6/c43-27-28-21-23-29(24-22-28)32-15-9-16-33(25-32)38-39(45-37-20-8-7-19-36(37)44-38)34-17-10-18-35(26-34)42-47-40(30-11-3-1-4-12-30)46-41(48-42)31-13-5-2-6-14-31/h1-26H. The van der Waals surface area contributed by atoms with Crippen LogP contribution in [0.3, 0.4) is 0 Å². The van der Waals surface area contributed by atoms with Gasteiger partial charge in [0.05, 0.1) is 34.1 Å². The van der Waals surface area contributed by atoms with Crippen LogP contribution in [0.15, 0.2) is 158 Å². The van der Waals surface area contributed by atoms with Crippen molar-refractivity contribution in [2.45, 2.75) is 0 Å². The molecule has 0 saturated carbocycles. The molecule has 0 amide bonds. The monoisotopic (exact) mass is 614 g/mol. The van der Waals surface area contributed by atoms with E-state index >= 15 is 0 Å². The molecular weight excluding hydrogens is 589 g/mol. The van der Waals surface area contributed by atoms with E-state index in [1.165, 1.54) is 0 Å². The molecule has 48 heavy (non-hydrogen) atoms. The van der Waals surface area contributed by atoms with Crippen molar-refractivity contribution in [3.05, 3.63) is 163 Å². The van der Waals surface area contributed by atoms with Crippen LogP contribution in [0.4, 0.5) is 0 Å². The third kappa shape index (κ3) is 5.68. The molecule has 6 aromatic carbocycles. The lowest BCUT2D eigenvalue weighted by Gasteiger charge is -2.13. The van der Waals surface area contributed by atoms with E-state index in [-0.39, 0.29) is 0 Å². The molecule has 6 heteroatoms. The summed E-state index contributed by atoms with van der Waals surface area (Å²) in [6.07, 6.45) is 0. The average Bonchev–Trinajstić information content (AvgIpc) is 3.18. The smallest absolute Gasteiger partial charge is 0.164 e. The lowest BCUT2D eigenvalue weighted by Crippen LogP contribution is -2.00. The van der Waals surface area contributed by atoms with Gasteiger partial charge in [-0.25, -0.2) is 24.9 Å². The predicted octanol–water partition coefficient (Wildman–Crippen LogP) is 9.69. The Morgan fingerprint density at radius 2 is 0.750 bits per heavy atom. The minimum atomic E-state index is 0.572. The van der Waals surface area contributed by atoms with Gasteiger partial charge in [0.1, 0.15) is 0 Å². The fourth-order valence-corrected chi connectivity index (χ4v) is 5.73. The first-order chi connectivity index (χ1) is 23.7. The average molecular weight is 615 g/mol. The highest BCUT2D eigenvalue weighted by Gasteiger charge is 2.17. The van der Waals surface area contributed by atoms with Crippen molar-refractivity contribution in [1.29, 1.82) is 5.26 Å². The maximum Gasteiger partial charge on any atom is 0.164 e. The number of nitriles is 1. The molecule has 224 valence electrons. The van der Waals surface area contributed by atoms with Crippen LogP contribution in [0, 0.1) is 11.3 Å². The molecule has 8 aromatic rings. The maximum atomic E-state index is 9.26. The van der Waals surface area contributed by atoms with Crippen molar-refractivity contribution >= 4 is 11.0 Å². The topological polar surface area (TPSA) is 88.2 Å². The summed E-state index contributed by atoms with van der Waals surface area (Å²) in [7, 11) is 0. The first kappa shape index (κ1) is 28.6. The third-order valence-electron chi connectivity index (χ3n) is 8.15. The second-order valence-electron chi connectivity index (χ2n) is 11.3. The van der Waals surface area contributed by atoms with Gasteiger partial charge in [0.2, 0.25) is 0 Å². The van der Waals surface area contributed by atoms with Gasteiger partial charge >= 0.3 is 0 Å². The van der Waals surface area contributed by atoms with E-state index in [0.717, 1.165) is 61.4 Å². The number of fused-ring (bicyclic) bond motifs is 1. The lowest BCUT2D eigenvalue weighted by molar-refractivity contribution is 1.07. The zero-order valence-corrected chi connectivity index (χ0v) is 25.7. The largest absolute Gasteiger partial charge is 0.244 e. The van der Waals surface area contributed by atoms with Crippen molar-refractivity contribution < 1.29 is 0 Å². The number of benzene rings is 6. The van der Waals surface area contributed by atoms with Gasteiger partial charge in [0.15, 0.2) is 17.5 Å². The number of hydrogen-bond donors (Lipinski definition) is 0. The quantitative estimate of drug-likeness (QED) is 0.185. The summed E-state index contributed by atoms with van der Waals surface area (Å²) in [5, 5.41) is 9.26. The van der Waals surface area contributed by atoms with E-state index in [1.807, 2.05) is 133 Å². The molecule has 0 aliphatic carbocycles. The Labute approximate surface area is 277 Å². The van der Waals surface area contributed by atoms with E-state index in [0.29, 0.717) is 23.0 Å². The van der Waals surface area contributed by atoms with Gasteiger partial charge in [0, 0.05) is 27.8 Å². The van der Waals surface area contributed by atoms with Crippen molar-refractivity contribution in [2.75, 3.05) is 0 Å². The number of aromatic nitrogens is 5. The third-order valence-corrected chi connectivity index (χ3v) is 8.15. The van der Waals surface area contributed by atoms with Crippen molar-refractivity contribution in [2.24, 2.45) is 0 Å². The molecule has 0 atom stereocenters. The van der Waals surface area contributed by atoms with Crippen LogP contribution in [0.25, 0.3) is 78.8 Å². The van der Waals surface area contributed by atoms with Crippen LogP contribution in [0.1, 0.15) is 5.56 Å². The van der Waals surface area contributed by atoms with Crippen LogP contribution in [0.5, 0.6) is 0 Å². The van der Waals surface area contributed by atoms with Crippen molar-refractivity contribution in [3.8, 4) is 73.9 Å². The van der Waals surface area contributed by atoms with Gasteiger partial charge in [-0.05, 0) is 47.5 Å². The Morgan fingerprint density at radius 3 is 1.27 bits per heavy atom. The molecule has 6 nitrogen and oxygen atoms in total. The van der Waals surface area contributed by atoms with E-state index < -0.39 is 0 Å². The molecule has 0 radical (unpaired) electrons. The zero-order valence-electron chi connectivity index (χ0n) is 25.7. The Balaban J connectivity index is 1.28. The van der Waals surface area contributed by atoms with Gasteiger partial charge in [-0.15, -0.1) is 0 Å². The molecule has 8 rings (SSSR count). The van der Waals surface area contributed by atoms with E-state index in [2.05, 4.69) is 30.3 Å². The van der Waals surface area contributed by atoms with Gasteiger partial charge < -0.3 is 0 Å². The number of hydrogen-bond acceptors (Lipinski definition) is 6. The normalized spacial score (nSPS) is 10.9. The second-order valence-corrected chi connectivity index (χ2v) is 11.3. The highest BCUT2D eigenvalue weighted by molar-refractivity contribution is 5.88. The SMILES string of the molecule is N#Cc1ccc(-c2cccc(-c3nc4ccccc4nc3-c3cccc(-c4nc(-c5ccccc5)nc(-c5ccccc5)n4)c3)c2)cc1. The van der Waals surface area contributed by atoms with Crippen molar-refractivity contribution in [3.63, 3.8) is 0 Å². The Hall–Kier alpha value is -6.84. The molecule has 0 N–H and O–H groups in total. The number of nitrogens with zero attached hydrogens (tertiary/aromatic N) is 6. The van der Waals surface area contributed by atoms with Crippen LogP contribution >= 0.6 is 0 Å². The molecule has 0 unspecified atom stereocenters. The summed E-state index contributed by atoms with van der Waals surface area (Å²) < 4.78 is 0. The maximum absolute atomic E-state index is 9.26. The fraction of sp³-hybridized carbons (Fsp3) is 0. The van der Waals surface area contributed by atoms with Gasteiger partial charge in [-0.2, -0.15) is 5.26 Å². The van der Waals surface area contributed by atoms with Gasteiger partial charge in [-0.3, -0.25) is 0 Å². The minimum Gasteiger partial charge on any atom is -0.244 e. The fourth-order valence-electron chi connectivity index (χ4n) is 5.73. The molecule has 0 saturated heterocycles. The first-order valence-electron chi connectivity index (χ1n) is 15.6. The van der Waals surface area contributed by atoms with E-state index in [4.69, 9.17) is 24.9 Å². The molecular formula is C42H26N6. The summed E-state index contributed by atoms with van der Waals surface area (Å²) in [5.74, 6) is 1.79. The summed E-state index contributed by atoms with van der Waals surface area (Å²) in [5.41, 5.74) is 10.3. The summed E-state index contributed by atoms with van der Waals surface area (Å²) in [6, 6.07) is 54.1. The van der Waals surface area contributed by atoms with E-state index in [1.54, 1.807) is 0 Å². The Morgan fingerprint density at radius 1 is 0.333 bits per heavy atom. The molecule has 0 bridgehead atoms.